The summed E-state index contributed by atoms with van der Waals surface area (Å²) >= 11 is 6.21. The van der Waals surface area contributed by atoms with E-state index < -0.39 is 17.9 Å². The van der Waals surface area contributed by atoms with Crippen molar-refractivity contribution in [2.75, 3.05) is 25.7 Å². The number of esters is 1. The van der Waals surface area contributed by atoms with Crippen LogP contribution in [0.2, 0.25) is 5.02 Å². The van der Waals surface area contributed by atoms with Gasteiger partial charge in [0.25, 0.3) is 5.91 Å². The zero-order valence-electron chi connectivity index (χ0n) is 16.6. The second-order valence-corrected chi connectivity index (χ2v) is 6.45. The third-order valence-electron chi connectivity index (χ3n) is 4.00. The number of aryl methyl sites for hydroxylation is 1. The van der Waals surface area contributed by atoms with E-state index in [0.29, 0.717) is 12.1 Å². The van der Waals surface area contributed by atoms with Crippen molar-refractivity contribution >= 4 is 35.2 Å². The lowest BCUT2D eigenvalue weighted by molar-refractivity contribution is 0.0601. The van der Waals surface area contributed by atoms with Crippen molar-refractivity contribution in [3.05, 3.63) is 52.3 Å². The lowest BCUT2D eigenvalue weighted by Gasteiger charge is -2.26. The van der Waals surface area contributed by atoms with Gasteiger partial charge in [0.2, 0.25) is 0 Å². The SMILES string of the molecule is CCCN(C(=O)NC(=O)c1cccc(C)n1)c1c(OC)ccc(Cl)c1C(=O)OC. The van der Waals surface area contributed by atoms with Crippen LogP contribution in [0.25, 0.3) is 0 Å². The average molecular weight is 420 g/mol. The van der Waals surface area contributed by atoms with E-state index in [0.717, 1.165) is 0 Å². The molecule has 1 aromatic heterocycles. The number of rotatable bonds is 6. The normalized spacial score (nSPS) is 10.2. The minimum atomic E-state index is -0.745. The average Bonchev–Trinajstić information content (AvgIpc) is 2.71. The van der Waals surface area contributed by atoms with Crippen LogP contribution in [0.5, 0.6) is 5.75 Å². The molecule has 2 rings (SSSR count). The largest absolute Gasteiger partial charge is 0.495 e. The highest BCUT2D eigenvalue weighted by Crippen LogP contribution is 2.37. The van der Waals surface area contributed by atoms with Crippen LogP contribution in [-0.2, 0) is 4.74 Å². The van der Waals surface area contributed by atoms with Crippen molar-refractivity contribution in [1.82, 2.24) is 10.3 Å². The molecule has 154 valence electrons. The Morgan fingerprint density at radius 3 is 2.48 bits per heavy atom. The van der Waals surface area contributed by atoms with E-state index in [2.05, 4.69) is 10.3 Å². The number of methoxy groups -OCH3 is 2. The summed E-state index contributed by atoms with van der Waals surface area (Å²) in [6.07, 6.45) is 0.542. The fourth-order valence-corrected chi connectivity index (χ4v) is 2.94. The van der Waals surface area contributed by atoms with Gasteiger partial charge in [-0.25, -0.2) is 14.6 Å². The van der Waals surface area contributed by atoms with Crippen molar-refractivity contribution in [1.29, 1.82) is 0 Å². The van der Waals surface area contributed by atoms with Gasteiger partial charge in [0.15, 0.2) is 0 Å². The van der Waals surface area contributed by atoms with E-state index in [1.54, 1.807) is 19.1 Å². The van der Waals surface area contributed by atoms with Crippen molar-refractivity contribution < 1.29 is 23.9 Å². The molecule has 0 fully saturated rings. The predicted molar refractivity (Wildman–Crippen MR) is 109 cm³/mol. The molecule has 2 aromatic rings. The Labute approximate surface area is 173 Å². The summed E-state index contributed by atoms with van der Waals surface area (Å²) in [5, 5.41) is 2.39. The van der Waals surface area contributed by atoms with Gasteiger partial charge in [-0.2, -0.15) is 0 Å². The lowest BCUT2D eigenvalue weighted by atomic mass is 10.1. The number of nitrogens with one attached hydrogen (secondary N) is 1. The Bertz CT molecular complexity index is 932. The second kappa shape index (κ2) is 9.88. The Morgan fingerprint density at radius 2 is 1.90 bits per heavy atom. The van der Waals surface area contributed by atoms with Crippen LogP contribution in [0.15, 0.2) is 30.3 Å². The molecule has 0 aliphatic carbocycles. The Balaban J connectivity index is 2.48. The number of aromatic nitrogens is 1. The van der Waals surface area contributed by atoms with E-state index in [-0.39, 0.29) is 34.3 Å². The maximum atomic E-state index is 13.0. The molecule has 29 heavy (non-hydrogen) atoms. The molecule has 0 aliphatic rings. The zero-order valence-corrected chi connectivity index (χ0v) is 17.4. The smallest absolute Gasteiger partial charge is 0.341 e. The fraction of sp³-hybridized carbons (Fsp3) is 0.300. The molecular weight excluding hydrogens is 398 g/mol. The number of hydrogen-bond donors (Lipinski definition) is 1. The monoisotopic (exact) mass is 419 g/mol. The number of urea groups is 1. The van der Waals surface area contributed by atoms with Crippen molar-refractivity contribution in [3.8, 4) is 5.75 Å². The Kier molecular flexibility index (Phi) is 7.55. The van der Waals surface area contributed by atoms with E-state index in [4.69, 9.17) is 21.1 Å². The predicted octanol–water partition coefficient (Wildman–Crippen LogP) is 3.61. The first-order valence-electron chi connectivity index (χ1n) is 8.85. The second-order valence-electron chi connectivity index (χ2n) is 6.04. The van der Waals surface area contributed by atoms with Crippen LogP contribution in [0.3, 0.4) is 0 Å². The highest BCUT2D eigenvalue weighted by Gasteiger charge is 2.29. The van der Waals surface area contributed by atoms with Gasteiger partial charge >= 0.3 is 12.0 Å². The standard InChI is InChI=1S/C20H22ClN3O5/c1-5-11-24(20(27)23-18(25)14-8-6-7-12(2)22-14)17-15(28-3)10-9-13(21)16(17)19(26)29-4/h6-10H,5,11H2,1-4H3,(H,23,25,27). The molecule has 1 heterocycles. The summed E-state index contributed by atoms with van der Waals surface area (Å²) in [4.78, 5) is 43.1. The molecule has 0 saturated heterocycles. The van der Waals surface area contributed by atoms with E-state index in [1.807, 2.05) is 6.92 Å². The van der Waals surface area contributed by atoms with Crippen LogP contribution >= 0.6 is 11.6 Å². The maximum Gasteiger partial charge on any atom is 0.341 e. The summed E-state index contributed by atoms with van der Waals surface area (Å²) in [5.74, 6) is -1.16. The number of nitrogens with zero attached hydrogens (tertiary/aromatic N) is 2. The van der Waals surface area contributed by atoms with Crippen LogP contribution < -0.4 is 15.0 Å². The quantitative estimate of drug-likeness (QED) is 0.718. The number of hydrogen-bond acceptors (Lipinski definition) is 6. The molecule has 1 N–H and O–H groups in total. The highest BCUT2D eigenvalue weighted by atomic mass is 35.5. The molecule has 0 unspecified atom stereocenters. The van der Waals surface area contributed by atoms with Gasteiger partial charge in [-0.15, -0.1) is 0 Å². The van der Waals surface area contributed by atoms with Crippen LogP contribution in [-0.4, -0.2) is 43.7 Å². The summed E-state index contributed by atoms with van der Waals surface area (Å²) in [5.41, 5.74) is 0.829. The first kappa shape index (κ1) is 22.2. The molecule has 0 aliphatic heterocycles. The number of anilines is 1. The third kappa shape index (κ3) is 5.03. The fourth-order valence-electron chi connectivity index (χ4n) is 2.71. The van der Waals surface area contributed by atoms with Gasteiger partial charge in [-0.1, -0.05) is 24.6 Å². The third-order valence-corrected chi connectivity index (χ3v) is 4.32. The van der Waals surface area contributed by atoms with Crippen LogP contribution in [0.4, 0.5) is 10.5 Å². The Hall–Kier alpha value is -3.13. The van der Waals surface area contributed by atoms with Gasteiger partial charge in [0, 0.05) is 12.2 Å². The van der Waals surface area contributed by atoms with Gasteiger partial charge in [0.1, 0.15) is 22.7 Å². The lowest BCUT2D eigenvalue weighted by Crippen LogP contribution is -2.44. The highest BCUT2D eigenvalue weighted by molar-refractivity contribution is 6.34. The van der Waals surface area contributed by atoms with Crippen molar-refractivity contribution in [2.45, 2.75) is 20.3 Å². The first-order valence-corrected chi connectivity index (χ1v) is 9.23. The molecule has 1 aromatic carbocycles. The number of imide groups is 1. The topological polar surface area (TPSA) is 97.8 Å². The summed E-state index contributed by atoms with van der Waals surface area (Å²) in [6.45, 7) is 3.78. The number of amides is 3. The van der Waals surface area contributed by atoms with Gasteiger partial charge in [0.05, 0.1) is 19.2 Å². The van der Waals surface area contributed by atoms with Crippen molar-refractivity contribution in [2.24, 2.45) is 0 Å². The molecule has 8 nitrogen and oxygen atoms in total. The summed E-state index contributed by atoms with van der Waals surface area (Å²) in [6, 6.07) is 7.16. The maximum absolute atomic E-state index is 13.0. The molecule has 0 atom stereocenters. The first-order chi connectivity index (χ1) is 13.8. The van der Waals surface area contributed by atoms with Crippen LogP contribution in [0, 0.1) is 6.92 Å². The molecule has 9 heteroatoms. The summed E-state index contributed by atoms with van der Waals surface area (Å²) in [7, 11) is 2.61. The molecule has 0 bridgehead atoms. The number of halogens is 1. The van der Waals surface area contributed by atoms with Gasteiger partial charge in [-0.05, 0) is 37.6 Å². The number of benzene rings is 1. The Morgan fingerprint density at radius 1 is 1.17 bits per heavy atom. The molecule has 0 saturated carbocycles. The zero-order chi connectivity index (χ0) is 21.6. The number of pyridine rings is 1. The number of carbonyl (C=O) groups is 3. The molecule has 3 amide bonds. The van der Waals surface area contributed by atoms with Crippen LogP contribution in [0.1, 0.15) is 39.9 Å². The van der Waals surface area contributed by atoms with Gasteiger partial charge < -0.3 is 9.47 Å². The number of ether oxygens (including phenoxy) is 2. The summed E-state index contributed by atoms with van der Waals surface area (Å²) < 4.78 is 10.1. The minimum absolute atomic E-state index is 0.0294. The minimum Gasteiger partial charge on any atom is -0.495 e. The number of carbonyl (C=O) groups excluding carboxylic acids is 3. The van der Waals surface area contributed by atoms with Crippen molar-refractivity contribution in [3.63, 3.8) is 0 Å². The molecule has 0 radical (unpaired) electrons. The van der Waals surface area contributed by atoms with E-state index in [1.165, 1.54) is 37.3 Å². The molecule has 0 spiro atoms. The van der Waals surface area contributed by atoms with Gasteiger partial charge in [-0.3, -0.25) is 15.0 Å². The molecular formula is C20H22ClN3O5. The van der Waals surface area contributed by atoms with E-state index >= 15 is 0 Å². The van der Waals surface area contributed by atoms with E-state index in [9.17, 15) is 14.4 Å².